The zero-order valence-corrected chi connectivity index (χ0v) is 17.2. The van der Waals surface area contributed by atoms with Crippen LogP contribution in [0.5, 0.6) is 11.5 Å². The fraction of sp³-hybridized carbons (Fsp3) is 0.381. The molecule has 1 aliphatic rings. The van der Waals surface area contributed by atoms with E-state index in [2.05, 4.69) is 15.1 Å². The fourth-order valence-corrected chi connectivity index (χ4v) is 3.57. The number of amides is 1. The van der Waals surface area contributed by atoms with E-state index in [0.717, 1.165) is 37.4 Å². The maximum atomic E-state index is 12.8. The van der Waals surface area contributed by atoms with Crippen molar-refractivity contribution >= 4 is 28.9 Å². The average Bonchev–Trinajstić information content (AvgIpc) is 2.70. The fourth-order valence-electron chi connectivity index (χ4n) is 3.41. The molecule has 150 valence electrons. The van der Waals surface area contributed by atoms with Gasteiger partial charge < -0.3 is 20.1 Å². The first-order valence-electron chi connectivity index (χ1n) is 9.32. The van der Waals surface area contributed by atoms with Gasteiger partial charge >= 0.3 is 0 Å². The third-order valence-electron chi connectivity index (χ3n) is 5.20. The van der Waals surface area contributed by atoms with Crippen LogP contribution in [0.2, 0.25) is 5.02 Å². The average molecular weight is 404 g/mol. The Morgan fingerprint density at radius 3 is 2.54 bits per heavy atom. The molecule has 0 saturated carbocycles. The molecule has 2 aromatic rings. The molecule has 1 aliphatic heterocycles. The lowest BCUT2D eigenvalue weighted by Crippen LogP contribution is -2.52. The van der Waals surface area contributed by atoms with E-state index in [1.165, 1.54) is 0 Å². The minimum Gasteiger partial charge on any atom is -0.506 e. The van der Waals surface area contributed by atoms with E-state index in [1.807, 2.05) is 38.1 Å². The number of nitrogens with zero attached hydrogens (tertiary/aromatic N) is 2. The van der Waals surface area contributed by atoms with Gasteiger partial charge in [-0.05, 0) is 37.6 Å². The molecule has 0 radical (unpaired) electrons. The van der Waals surface area contributed by atoms with Gasteiger partial charge in [-0.25, -0.2) is 0 Å². The molecule has 7 heteroatoms. The number of carbonyl (C=O) groups is 1. The number of piperazine rings is 1. The summed E-state index contributed by atoms with van der Waals surface area (Å²) in [5.74, 6) is 0.739. The summed E-state index contributed by atoms with van der Waals surface area (Å²) in [6, 6.07) is 10.6. The van der Waals surface area contributed by atoms with Gasteiger partial charge in [0.25, 0.3) is 0 Å². The normalized spacial score (nSPS) is 15.9. The molecule has 0 aliphatic carbocycles. The van der Waals surface area contributed by atoms with Crippen LogP contribution in [0.3, 0.4) is 0 Å². The molecular weight excluding hydrogens is 378 g/mol. The van der Waals surface area contributed by atoms with Crippen molar-refractivity contribution in [2.45, 2.75) is 19.9 Å². The van der Waals surface area contributed by atoms with Gasteiger partial charge in [-0.3, -0.25) is 9.69 Å². The lowest BCUT2D eigenvalue weighted by atomic mass is 10.1. The maximum absolute atomic E-state index is 12.8. The first-order chi connectivity index (χ1) is 13.4. The summed E-state index contributed by atoms with van der Waals surface area (Å²) >= 11 is 6.14. The van der Waals surface area contributed by atoms with E-state index in [1.54, 1.807) is 19.2 Å². The Morgan fingerprint density at radius 2 is 1.89 bits per heavy atom. The first-order valence-corrected chi connectivity index (χ1v) is 9.70. The van der Waals surface area contributed by atoms with Crippen molar-refractivity contribution in [3.05, 3.63) is 47.0 Å². The first kappa shape index (κ1) is 20.3. The molecule has 1 heterocycles. The highest BCUT2D eigenvalue weighted by Crippen LogP contribution is 2.31. The molecule has 1 atom stereocenters. The standard InChI is InChI=1S/C21H26ClN3O3/c1-14-12-17(20(28-3)13-16(14)22)23-21(27)15(2)24-8-10-25(11-9-24)18-6-4-5-7-19(18)26/h4-7,12-13,15,26H,8-11H2,1-3H3,(H,23,27)/t15-/m1/s1. The summed E-state index contributed by atoms with van der Waals surface area (Å²) in [6.45, 7) is 6.76. The van der Waals surface area contributed by atoms with Crippen LogP contribution in [0.25, 0.3) is 0 Å². The topological polar surface area (TPSA) is 65.0 Å². The summed E-state index contributed by atoms with van der Waals surface area (Å²) in [4.78, 5) is 17.1. The number of anilines is 2. The molecular formula is C21H26ClN3O3. The zero-order chi connectivity index (χ0) is 20.3. The van der Waals surface area contributed by atoms with Crippen LogP contribution in [-0.4, -0.2) is 55.2 Å². The zero-order valence-electron chi connectivity index (χ0n) is 16.4. The Kier molecular flexibility index (Phi) is 6.31. The maximum Gasteiger partial charge on any atom is 0.241 e. The van der Waals surface area contributed by atoms with E-state index >= 15 is 0 Å². The number of aryl methyl sites for hydroxylation is 1. The van der Waals surface area contributed by atoms with Gasteiger partial charge in [-0.1, -0.05) is 23.7 Å². The number of para-hydroxylation sites is 2. The lowest BCUT2D eigenvalue weighted by Gasteiger charge is -2.38. The van der Waals surface area contributed by atoms with E-state index in [4.69, 9.17) is 16.3 Å². The second kappa shape index (κ2) is 8.71. The van der Waals surface area contributed by atoms with Crippen LogP contribution in [0.15, 0.2) is 36.4 Å². The highest BCUT2D eigenvalue weighted by atomic mass is 35.5. The molecule has 1 fully saturated rings. The Hall–Kier alpha value is -2.44. The molecule has 28 heavy (non-hydrogen) atoms. The van der Waals surface area contributed by atoms with Crippen molar-refractivity contribution in [3.8, 4) is 11.5 Å². The molecule has 1 amide bonds. The van der Waals surface area contributed by atoms with E-state index in [9.17, 15) is 9.90 Å². The monoisotopic (exact) mass is 403 g/mol. The number of benzene rings is 2. The van der Waals surface area contributed by atoms with E-state index < -0.39 is 0 Å². The number of carbonyl (C=O) groups excluding carboxylic acids is 1. The Balaban J connectivity index is 1.62. The number of rotatable bonds is 5. The number of hydrogen-bond acceptors (Lipinski definition) is 5. The molecule has 3 rings (SSSR count). The number of methoxy groups -OCH3 is 1. The molecule has 0 bridgehead atoms. The third kappa shape index (κ3) is 4.34. The SMILES string of the molecule is COc1cc(Cl)c(C)cc1NC(=O)[C@@H](C)N1CCN(c2ccccc2O)CC1. The van der Waals surface area contributed by atoms with E-state index in [-0.39, 0.29) is 17.7 Å². The van der Waals surface area contributed by atoms with Crippen molar-refractivity contribution in [2.24, 2.45) is 0 Å². The van der Waals surface area contributed by atoms with Crippen molar-refractivity contribution < 1.29 is 14.6 Å². The second-order valence-corrected chi connectivity index (χ2v) is 7.39. The van der Waals surface area contributed by atoms with Gasteiger partial charge in [0.2, 0.25) is 5.91 Å². The number of nitrogens with one attached hydrogen (secondary N) is 1. The number of phenols is 1. The van der Waals surface area contributed by atoms with Crippen LogP contribution >= 0.6 is 11.6 Å². The van der Waals surface area contributed by atoms with Crippen LogP contribution < -0.4 is 15.0 Å². The molecule has 0 aromatic heterocycles. The highest BCUT2D eigenvalue weighted by molar-refractivity contribution is 6.31. The minimum atomic E-state index is -0.285. The quantitative estimate of drug-likeness (QED) is 0.799. The van der Waals surface area contributed by atoms with Gasteiger partial charge in [-0.15, -0.1) is 0 Å². The summed E-state index contributed by atoms with van der Waals surface area (Å²) in [6.07, 6.45) is 0. The van der Waals surface area contributed by atoms with Crippen molar-refractivity contribution in [1.82, 2.24) is 4.90 Å². The number of ether oxygens (including phenoxy) is 1. The van der Waals surface area contributed by atoms with Crippen LogP contribution in [0.1, 0.15) is 12.5 Å². The van der Waals surface area contributed by atoms with Crippen LogP contribution in [0.4, 0.5) is 11.4 Å². The van der Waals surface area contributed by atoms with Crippen molar-refractivity contribution in [3.63, 3.8) is 0 Å². The van der Waals surface area contributed by atoms with Crippen molar-refractivity contribution in [2.75, 3.05) is 43.5 Å². The molecule has 2 aromatic carbocycles. The molecule has 6 nitrogen and oxygen atoms in total. The minimum absolute atomic E-state index is 0.0870. The lowest BCUT2D eigenvalue weighted by molar-refractivity contribution is -0.120. The number of halogens is 1. The van der Waals surface area contributed by atoms with Gasteiger partial charge in [0.1, 0.15) is 11.5 Å². The van der Waals surface area contributed by atoms with Gasteiger partial charge in [0.15, 0.2) is 0 Å². The Morgan fingerprint density at radius 1 is 1.21 bits per heavy atom. The largest absolute Gasteiger partial charge is 0.506 e. The van der Waals surface area contributed by atoms with Gasteiger partial charge in [-0.2, -0.15) is 0 Å². The van der Waals surface area contributed by atoms with Crippen LogP contribution in [0, 0.1) is 6.92 Å². The molecule has 0 spiro atoms. The smallest absolute Gasteiger partial charge is 0.241 e. The summed E-state index contributed by atoms with van der Waals surface area (Å²) in [7, 11) is 1.55. The summed E-state index contributed by atoms with van der Waals surface area (Å²) in [5, 5.41) is 13.6. The van der Waals surface area contributed by atoms with Gasteiger partial charge in [0, 0.05) is 37.3 Å². The van der Waals surface area contributed by atoms with Crippen LogP contribution in [-0.2, 0) is 4.79 Å². The number of hydrogen-bond donors (Lipinski definition) is 2. The summed E-state index contributed by atoms with van der Waals surface area (Å²) < 4.78 is 5.34. The van der Waals surface area contributed by atoms with E-state index in [0.29, 0.717) is 16.5 Å². The Labute approximate surface area is 170 Å². The predicted molar refractivity (Wildman–Crippen MR) is 113 cm³/mol. The molecule has 1 saturated heterocycles. The Bertz CT molecular complexity index is 851. The molecule has 2 N–H and O–H groups in total. The molecule has 0 unspecified atom stereocenters. The number of aromatic hydroxyl groups is 1. The predicted octanol–water partition coefficient (Wildman–Crippen LogP) is 3.51. The van der Waals surface area contributed by atoms with Crippen molar-refractivity contribution in [1.29, 1.82) is 0 Å². The number of phenolic OH excluding ortho intramolecular Hbond substituents is 1. The second-order valence-electron chi connectivity index (χ2n) is 6.98. The summed E-state index contributed by atoms with van der Waals surface area (Å²) in [5.41, 5.74) is 2.33. The van der Waals surface area contributed by atoms with Gasteiger partial charge in [0.05, 0.1) is 24.5 Å². The highest BCUT2D eigenvalue weighted by Gasteiger charge is 2.27. The third-order valence-corrected chi connectivity index (χ3v) is 5.61.